The molecule has 0 aliphatic heterocycles. The van der Waals surface area contributed by atoms with Gasteiger partial charge >= 0.3 is 21.7 Å². The molecule has 8 nitrogen and oxygen atoms in total. The molecule has 0 aromatic carbocycles. The normalized spacial score (nSPS) is 11.2. The summed E-state index contributed by atoms with van der Waals surface area (Å²) in [4.78, 5) is 40.9. The van der Waals surface area contributed by atoms with Crippen molar-refractivity contribution in [3.63, 3.8) is 0 Å². The zero-order chi connectivity index (χ0) is 19.0. The zero-order valence-electron chi connectivity index (χ0n) is 14.5. The molecule has 0 aromatic rings. The van der Waals surface area contributed by atoms with E-state index in [1.807, 2.05) is 0 Å². The van der Waals surface area contributed by atoms with E-state index in [1.165, 1.54) is 13.8 Å². The number of carbonyl (C=O) groups excluding carboxylic acids is 4. The van der Waals surface area contributed by atoms with Crippen LogP contribution in [0, 0.1) is 11.8 Å². The van der Waals surface area contributed by atoms with Gasteiger partial charge in [-0.1, -0.05) is 13.8 Å². The van der Waals surface area contributed by atoms with E-state index in [-0.39, 0.29) is 46.5 Å². The van der Waals surface area contributed by atoms with Crippen LogP contribution in [0.25, 0.3) is 0 Å². The van der Waals surface area contributed by atoms with E-state index in [0.717, 1.165) is 0 Å². The van der Waals surface area contributed by atoms with Crippen LogP contribution in [0.2, 0.25) is 0 Å². The third kappa shape index (κ3) is 19.0. The molecule has 0 bridgehead atoms. The van der Waals surface area contributed by atoms with E-state index in [9.17, 15) is 29.4 Å². The molecule has 9 heteroatoms. The molecule has 0 rings (SSSR count). The maximum atomic E-state index is 10.4. The Hall–Kier alpha value is -1.09. The van der Waals surface area contributed by atoms with Gasteiger partial charge in [-0.15, -0.1) is 0 Å². The minimum atomic E-state index is -1.27. The predicted molar refractivity (Wildman–Crippen MR) is 77.7 cm³/mol. The Balaban J connectivity index is -0.000000128. The maximum Gasteiger partial charge on any atom is 2.00 e. The number of ketones is 2. The van der Waals surface area contributed by atoms with Gasteiger partial charge in [-0.05, 0) is 33.1 Å². The largest absolute Gasteiger partial charge is 2.00 e. The predicted octanol–water partition coefficient (Wildman–Crippen LogP) is -1.94. The van der Waals surface area contributed by atoms with Crippen molar-refractivity contribution in [2.75, 3.05) is 13.2 Å². The Morgan fingerprint density at radius 3 is 1.04 bits per heavy atom. The van der Waals surface area contributed by atoms with Crippen molar-refractivity contribution in [1.82, 2.24) is 0 Å². The van der Waals surface area contributed by atoms with E-state index in [1.54, 1.807) is 13.8 Å². The number of hydrogen-bond acceptors (Lipinski definition) is 8. The second-order valence-corrected chi connectivity index (χ2v) is 4.58. The number of aliphatic hydroxyl groups excluding tert-OH is 2. The molecular formula is C15H26O8Ti. The van der Waals surface area contributed by atoms with Crippen molar-refractivity contribution in [1.29, 1.82) is 0 Å². The Labute approximate surface area is 157 Å². The van der Waals surface area contributed by atoms with Crippen LogP contribution >= 0.6 is 0 Å². The Morgan fingerprint density at radius 1 is 0.792 bits per heavy atom. The summed E-state index contributed by atoms with van der Waals surface area (Å²) in [5, 5.41) is 35.9. The van der Waals surface area contributed by atoms with Crippen molar-refractivity contribution in [2.45, 2.75) is 47.0 Å². The van der Waals surface area contributed by atoms with E-state index < -0.39 is 23.8 Å². The van der Waals surface area contributed by atoms with Gasteiger partial charge in [0, 0.05) is 13.2 Å². The molecular weight excluding hydrogens is 356 g/mol. The van der Waals surface area contributed by atoms with Gasteiger partial charge < -0.3 is 30.0 Å². The summed E-state index contributed by atoms with van der Waals surface area (Å²) in [6.07, 6.45) is 1.13. The maximum absolute atomic E-state index is 10.4. The Bertz CT molecular complexity index is 308. The van der Waals surface area contributed by atoms with Crippen molar-refractivity contribution in [3.8, 4) is 0 Å². The van der Waals surface area contributed by atoms with Crippen molar-refractivity contribution in [3.05, 3.63) is 0 Å². The average molecular weight is 382 g/mol. The van der Waals surface area contributed by atoms with Crippen LogP contribution in [0.3, 0.4) is 0 Å². The standard InChI is InChI=1S/2C6H10O3.C3H8O2.Ti/c2*1-3-5(4(2)7)6(8)9;4-2-1-3-5;/h2*5H,3H2,1-2H3,(H,8,9);4-5H,1-3H2;/q;;;+2/p-2. The fourth-order valence-electron chi connectivity index (χ4n) is 1.31. The quantitative estimate of drug-likeness (QED) is 0.363. The van der Waals surface area contributed by atoms with Crippen LogP contribution in [0.5, 0.6) is 0 Å². The molecule has 2 N–H and O–H groups in total. The van der Waals surface area contributed by atoms with Crippen molar-refractivity contribution >= 4 is 23.5 Å². The summed E-state index contributed by atoms with van der Waals surface area (Å²) in [5.41, 5.74) is 0. The summed E-state index contributed by atoms with van der Waals surface area (Å²) < 4.78 is 0. The fourth-order valence-corrected chi connectivity index (χ4v) is 1.31. The molecule has 0 aliphatic rings. The number of rotatable bonds is 8. The monoisotopic (exact) mass is 382 g/mol. The molecule has 0 fully saturated rings. The number of hydrogen-bond donors (Lipinski definition) is 2. The topological polar surface area (TPSA) is 155 Å². The van der Waals surface area contributed by atoms with E-state index in [0.29, 0.717) is 19.3 Å². The number of aliphatic hydroxyl groups is 2. The Morgan fingerprint density at radius 2 is 1.04 bits per heavy atom. The first-order valence-corrected chi connectivity index (χ1v) is 7.24. The molecule has 0 radical (unpaired) electrons. The molecule has 0 spiro atoms. The third-order valence-electron chi connectivity index (χ3n) is 2.68. The molecule has 0 aliphatic carbocycles. The fraction of sp³-hybridized carbons (Fsp3) is 0.733. The van der Waals surface area contributed by atoms with Gasteiger partial charge in [-0.25, -0.2) is 0 Å². The minimum absolute atomic E-state index is 0. The molecule has 24 heavy (non-hydrogen) atoms. The first kappa shape index (κ1) is 30.8. The summed E-state index contributed by atoms with van der Waals surface area (Å²) in [6.45, 7) is 5.98. The first-order valence-electron chi connectivity index (χ1n) is 7.24. The van der Waals surface area contributed by atoms with Crippen LogP contribution in [-0.4, -0.2) is 46.9 Å². The van der Waals surface area contributed by atoms with Crippen LogP contribution < -0.4 is 10.2 Å². The van der Waals surface area contributed by atoms with Gasteiger partial charge in [0.25, 0.3) is 0 Å². The van der Waals surface area contributed by atoms with Crippen molar-refractivity contribution in [2.24, 2.45) is 11.8 Å². The number of Topliss-reactive ketones (excluding diaryl/α,β-unsaturated/α-hetero) is 2. The third-order valence-corrected chi connectivity index (χ3v) is 2.68. The van der Waals surface area contributed by atoms with E-state index >= 15 is 0 Å². The van der Waals surface area contributed by atoms with Gasteiger partial charge in [0.1, 0.15) is 11.6 Å². The van der Waals surface area contributed by atoms with Crippen molar-refractivity contribution < 1.29 is 61.3 Å². The van der Waals surface area contributed by atoms with Crippen LogP contribution in [0.1, 0.15) is 47.0 Å². The molecule has 0 amide bonds. The SMILES string of the molecule is CCC(C(C)=O)C(=O)[O-].CCC(C(C)=O)C(=O)[O-].OCCCO.[Ti+2]. The molecule has 138 valence electrons. The van der Waals surface area contributed by atoms with Crippen LogP contribution in [-0.2, 0) is 40.9 Å². The smallest absolute Gasteiger partial charge is 0.549 e. The second-order valence-electron chi connectivity index (χ2n) is 4.58. The number of carboxylic acid groups (broad SMARTS) is 2. The molecule has 0 aromatic heterocycles. The Kier molecular flexibility index (Phi) is 25.6. The van der Waals surface area contributed by atoms with E-state index in [2.05, 4.69) is 0 Å². The van der Waals surface area contributed by atoms with Gasteiger partial charge in [0.2, 0.25) is 0 Å². The molecule has 2 unspecified atom stereocenters. The van der Waals surface area contributed by atoms with Crippen LogP contribution in [0.15, 0.2) is 0 Å². The molecule has 0 saturated carbocycles. The summed E-state index contributed by atoms with van der Waals surface area (Å²) >= 11 is 0. The van der Waals surface area contributed by atoms with Gasteiger partial charge in [0.05, 0.1) is 23.8 Å². The van der Waals surface area contributed by atoms with Crippen LogP contribution in [0.4, 0.5) is 0 Å². The zero-order valence-corrected chi connectivity index (χ0v) is 16.1. The minimum Gasteiger partial charge on any atom is -0.549 e. The number of aliphatic carboxylic acids is 2. The van der Waals surface area contributed by atoms with Gasteiger partial charge in [0.15, 0.2) is 0 Å². The molecule has 0 heterocycles. The average Bonchev–Trinajstić information content (AvgIpc) is 2.40. The van der Waals surface area contributed by atoms with E-state index in [4.69, 9.17) is 10.2 Å². The van der Waals surface area contributed by atoms with Gasteiger partial charge in [-0.2, -0.15) is 0 Å². The summed E-state index contributed by atoms with van der Waals surface area (Å²) in [5.74, 6) is -5.04. The summed E-state index contributed by atoms with van der Waals surface area (Å²) in [7, 11) is 0. The van der Waals surface area contributed by atoms with Gasteiger partial charge in [-0.3, -0.25) is 9.59 Å². The number of carbonyl (C=O) groups is 4. The molecule has 2 atom stereocenters. The molecule has 0 saturated heterocycles. The second kappa shape index (κ2) is 20.0. The first-order chi connectivity index (χ1) is 10.6. The number of carboxylic acids is 2. The summed E-state index contributed by atoms with van der Waals surface area (Å²) in [6, 6.07) is 0.